The highest BCUT2D eigenvalue weighted by atomic mass is 16.1. The number of ketones is 1. The molecule has 0 bridgehead atoms. The summed E-state index contributed by atoms with van der Waals surface area (Å²) in [6.07, 6.45) is 6.40. The Hall–Kier alpha value is -2.23. The third-order valence-electron chi connectivity index (χ3n) is 4.18. The average molecular weight is 295 g/mol. The minimum absolute atomic E-state index is 0.285. The molecular formula is C18H21N3O. The van der Waals surface area contributed by atoms with Gasteiger partial charge in [-0.15, -0.1) is 0 Å². The quantitative estimate of drug-likeness (QED) is 0.941. The normalized spacial score (nSPS) is 20.5. The summed E-state index contributed by atoms with van der Waals surface area (Å²) in [4.78, 5) is 23.7. The molecule has 1 N–H and O–H groups in total. The summed E-state index contributed by atoms with van der Waals surface area (Å²) >= 11 is 0. The SMILES string of the molecule is Cc1ccc([C@H]2CC(=O)CC(=NCCc3cnc[nH]3)C2)cc1. The molecule has 0 unspecified atom stereocenters. The van der Waals surface area contributed by atoms with Crippen molar-refractivity contribution in [1.29, 1.82) is 0 Å². The average Bonchev–Trinajstić information content (AvgIpc) is 3.01. The van der Waals surface area contributed by atoms with E-state index in [0.29, 0.717) is 25.2 Å². The lowest BCUT2D eigenvalue weighted by Crippen LogP contribution is -2.22. The zero-order valence-corrected chi connectivity index (χ0v) is 12.9. The monoisotopic (exact) mass is 295 g/mol. The molecule has 0 spiro atoms. The third kappa shape index (κ3) is 3.70. The molecule has 1 aliphatic carbocycles. The molecule has 22 heavy (non-hydrogen) atoms. The van der Waals surface area contributed by atoms with Crippen LogP contribution in [0.3, 0.4) is 0 Å². The fourth-order valence-electron chi connectivity index (χ4n) is 2.95. The number of imidazole rings is 1. The Bertz CT molecular complexity index is 656. The number of hydrogen-bond donors (Lipinski definition) is 1. The van der Waals surface area contributed by atoms with E-state index in [-0.39, 0.29) is 5.92 Å². The molecule has 0 amide bonds. The van der Waals surface area contributed by atoms with Crippen LogP contribution in [0.4, 0.5) is 0 Å². The number of aromatic nitrogens is 2. The van der Waals surface area contributed by atoms with Gasteiger partial charge in [0.25, 0.3) is 0 Å². The summed E-state index contributed by atoms with van der Waals surface area (Å²) < 4.78 is 0. The van der Waals surface area contributed by atoms with Gasteiger partial charge in [0.15, 0.2) is 0 Å². The number of nitrogens with zero attached hydrogens (tertiary/aromatic N) is 2. The maximum atomic E-state index is 12.0. The molecule has 1 atom stereocenters. The van der Waals surface area contributed by atoms with Crippen LogP contribution in [0.5, 0.6) is 0 Å². The molecule has 1 fully saturated rings. The molecule has 3 rings (SSSR count). The van der Waals surface area contributed by atoms with Crippen LogP contribution in [0.1, 0.15) is 42.0 Å². The predicted octanol–water partition coefficient (Wildman–Crippen LogP) is 3.24. The van der Waals surface area contributed by atoms with Gasteiger partial charge in [0.05, 0.1) is 6.33 Å². The Morgan fingerprint density at radius 3 is 2.82 bits per heavy atom. The van der Waals surface area contributed by atoms with Crippen LogP contribution >= 0.6 is 0 Å². The zero-order valence-electron chi connectivity index (χ0n) is 12.9. The third-order valence-corrected chi connectivity index (χ3v) is 4.18. The van der Waals surface area contributed by atoms with Crippen LogP contribution in [-0.4, -0.2) is 28.0 Å². The highest BCUT2D eigenvalue weighted by Crippen LogP contribution is 2.30. The van der Waals surface area contributed by atoms with Crippen LogP contribution in [0, 0.1) is 6.92 Å². The minimum atomic E-state index is 0.285. The summed E-state index contributed by atoms with van der Waals surface area (Å²) in [5.74, 6) is 0.588. The van der Waals surface area contributed by atoms with Crippen LogP contribution in [-0.2, 0) is 11.2 Å². The molecule has 1 aromatic carbocycles. The van der Waals surface area contributed by atoms with Crippen molar-refractivity contribution in [2.45, 2.75) is 38.5 Å². The lowest BCUT2D eigenvalue weighted by atomic mass is 9.82. The van der Waals surface area contributed by atoms with E-state index in [0.717, 1.165) is 24.2 Å². The van der Waals surface area contributed by atoms with Crippen LogP contribution in [0.15, 0.2) is 41.8 Å². The van der Waals surface area contributed by atoms with E-state index in [4.69, 9.17) is 0 Å². The number of aryl methyl sites for hydroxylation is 1. The van der Waals surface area contributed by atoms with Gasteiger partial charge in [-0.25, -0.2) is 4.98 Å². The molecule has 1 aromatic heterocycles. The van der Waals surface area contributed by atoms with Crippen molar-refractivity contribution < 1.29 is 4.79 Å². The first-order chi connectivity index (χ1) is 10.7. The molecule has 4 heteroatoms. The number of Topliss-reactive ketones (excluding diaryl/α,β-unsaturated/α-hetero) is 1. The van der Waals surface area contributed by atoms with Gasteiger partial charge in [-0.2, -0.15) is 0 Å². The number of hydrogen-bond acceptors (Lipinski definition) is 3. The molecule has 0 aliphatic heterocycles. The lowest BCUT2D eigenvalue weighted by Gasteiger charge is -2.23. The van der Waals surface area contributed by atoms with Crippen molar-refractivity contribution in [1.82, 2.24) is 9.97 Å². The topological polar surface area (TPSA) is 58.1 Å². The molecule has 4 nitrogen and oxygen atoms in total. The largest absolute Gasteiger partial charge is 0.348 e. The second-order valence-corrected chi connectivity index (χ2v) is 6.01. The summed E-state index contributed by atoms with van der Waals surface area (Å²) in [5.41, 5.74) is 4.63. The first-order valence-corrected chi connectivity index (χ1v) is 7.78. The molecular weight excluding hydrogens is 274 g/mol. The standard InChI is InChI=1S/C18H21N3O/c1-13-2-4-14(5-3-13)15-8-17(10-18(22)9-15)20-7-6-16-11-19-12-21-16/h2-5,11-12,15H,6-10H2,1H3,(H,19,21)/t15-/m1/s1. The van der Waals surface area contributed by atoms with Crippen molar-refractivity contribution in [2.75, 3.05) is 6.54 Å². The van der Waals surface area contributed by atoms with Crippen molar-refractivity contribution >= 4 is 11.5 Å². The van der Waals surface area contributed by atoms with Gasteiger partial charge in [-0.3, -0.25) is 9.79 Å². The maximum absolute atomic E-state index is 12.0. The van der Waals surface area contributed by atoms with Crippen molar-refractivity contribution in [3.63, 3.8) is 0 Å². The van der Waals surface area contributed by atoms with Crippen LogP contribution in [0.2, 0.25) is 0 Å². The van der Waals surface area contributed by atoms with Gasteiger partial charge in [0.2, 0.25) is 0 Å². The first-order valence-electron chi connectivity index (χ1n) is 7.78. The summed E-state index contributed by atoms with van der Waals surface area (Å²) in [5, 5.41) is 0. The smallest absolute Gasteiger partial charge is 0.139 e. The van der Waals surface area contributed by atoms with Gasteiger partial charge in [0, 0.05) is 43.4 Å². The van der Waals surface area contributed by atoms with Gasteiger partial charge in [-0.05, 0) is 24.8 Å². The minimum Gasteiger partial charge on any atom is -0.348 e. The lowest BCUT2D eigenvalue weighted by molar-refractivity contribution is -0.118. The van der Waals surface area contributed by atoms with Gasteiger partial charge in [-0.1, -0.05) is 29.8 Å². The first kappa shape index (κ1) is 14.7. The Balaban J connectivity index is 1.65. The van der Waals surface area contributed by atoms with E-state index in [1.165, 1.54) is 11.1 Å². The fraction of sp³-hybridized carbons (Fsp3) is 0.389. The molecule has 1 heterocycles. The van der Waals surface area contributed by atoms with Crippen LogP contribution in [0.25, 0.3) is 0 Å². The predicted molar refractivity (Wildman–Crippen MR) is 87.4 cm³/mol. The number of nitrogens with one attached hydrogen (secondary N) is 1. The summed E-state index contributed by atoms with van der Waals surface area (Å²) in [6.45, 7) is 2.80. The molecule has 0 radical (unpaired) electrons. The number of benzene rings is 1. The van der Waals surface area contributed by atoms with E-state index in [1.54, 1.807) is 6.33 Å². The Morgan fingerprint density at radius 1 is 1.27 bits per heavy atom. The number of carbonyl (C=O) groups is 1. The fourth-order valence-corrected chi connectivity index (χ4v) is 2.95. The van der Waals surface area contributed by atoms with E-state index in [2.05, 4.69) is 46.1 Å². The number of aromatic amines is 1. The Morgan fingerprint density at radius 2 is 2.09 bits per heavy atom. The molecule has 0 saturated heterocycles. The zero-order chi connectivity index (χ0) is 15.4. The van der Waals surface area contributed by atoms with Crippen molar-refractivity contribution in [2.24, 2.45) is 4.99 Å². The Labute approximate surface area is 130 Å². The van der Waals surface area contributed by atoms with Gasteiger partial charge in [0.1, 0.15) is 5.78 Å². The number of aliphatic imine (C=N–C) groups is 1. The van der Waals surface area contributed by atoms with Crippen molar-refractivity contribution in [3.8, 4) is 0 Å². The van der Waals surface area contributed by atoms with Gasteiger partial charge < -0.3 is 4.98 Å². The molecule has 2 aromatic rings. The maximum Gasteiger partial charge on any atom is 0.139 e. The number of carbonyl (C=O) groups excluding carboxylic acids is 1. The van der Waals surface area contributed by atoms with Gasteiger partial charge >= 0.3 is 0 Å². The van der Waals surface area contributed by atoms with Crippen LogP contribution < -0.4 is 0 Å². The molecule has 1 saturated carbocycles. The van der Waals surface area contributed by atoms with E-state index in [9.17, 15) is 4.79 Å². The van der Waals surface area contributed by atoms with E-state index < -0.39 is 0 Å². The number of H-pyrrole nitrogens is 1. The number of rotatable bonds is 4. The second kappa shape index (κ2) is 6.69. The van der Waals surface area contributed by atoms with E-state index >= 15 is 0 Å². The van der Waals surface area contributed by atoms with E-state index in [1.807, 2.05) is 6.20 Å². The van der Waals surface area contributed by atoms with Crippen molar-refractivity contribution in [3.05, 3.63) is 53.6 Å². The summed E-state index contributed by atoms with van der Waals surface area (Å²) in [6, 6.07) is 8.51. The summed E-state index contributed by atoms with van der Waals surface area (Å²) in [7, 11) is 0. The highest BCUT2D eigenvalue weighted by molar-refractivity contribution is 6.05. The highest BCUT2D eigenvalue weighted by Gasteiger charge is 2.25. The second-order valence-electron chi connectivity index (χ2n) is 6.01. The molecule has 114 valence electrons. The Kier molecular flexibility index (Phi) is 4.47. The molecule has 1 aliphatic rings.